The molecule has 0 bridgehead atoms. The van der Waals surface area contributed by atoms with Gasteiger partial charge >= 0.3 is 0 Å². The Morgan fingerprint density at radius 2 is 1.76 bits per heavy atom. The average molecular weight is 346 g/mol. The van der Waals surface area contributed by atoms with Crippen LogP contribution in [0.15, 0.2) is 56.5 Å². The molecule has 0 fully saturated rings. The fourth-order valence-electron chi connectivity index (χ4n) is 2.25. The van der Waals surface area contributed by atoms with Crippen molar-refractivity contribution in [3.63, 3.8) is 0 Å². The molecule has 0 amide bonds. The van der Waals surface area contributed by atoms with Gasteiger partial charge in [0.2, 0.25) is 0 Å². The number of rotatable bonds is 2. The number of anilines is 1. The van der Waals surface area contributed by atoms with Crippen LogP contribution >= 0.6 is 15.9 Å². The topological polar surface area (TPSA) is 80.9 Å². The highest BCUT2D eigenvalue weighted by Crippen LogP contribution is 2.23. The fraction of sp³-hybridized carbons (Fsp3) is 0.0667. The predicted octanol–water partition coefficient (Wildman–Crippen LogP) is 2.08. The first-order chi connectivity index (χ1) is 10.1. The van der Waals surface area contributed by atoms with Crippen molar-refractivity contribution in [2.24, 2.45) is 0 Å². The van der Waals surface area contributed by atoms with E-state index in [0.717, 1.165) is 10.0 Å². The number of halogens is 1. The molecular weight excluding hydrogens is 334 g/mol. The van der Waals surface area contributed by atoms with E-state index in [1.807, 2.05) is 6.07 Å². The average Bonchev–Trinajstić information content (AvgIpc) is 2.49. The second-order valence-corrected chi connectivity index (χ2v) is 5.49. The third-order valence-corrected chi connectivity index (χ3v) is 4.29. The van der Waals surface area contributed by atoms with Crippen molar-refractivity contribution in [1.82, 2.24) is 9.78 Å². The molecule has 5 nitrogen and oxygen atoms in total. The van der Waals surface area contributed by atoms with Crippen LogP contribution in [-0.4, -0.2) is 9.78 Å². The third kappa shape index (κ3) is 2.38. The van der Waals surface area contributed by atoms with Crippen molar-refractivity contribution in [1.29, 1.82) is 0 Å². The molecule has 1 aromatic heterocycles. The summed E-state index contributed by atoms with van der Waals surface area (Å²) in [5, 5.41) is 3.40. The van der Waals surface area contributed by atoms with Gasteiger partial charge < -0.3 is 5.73 Å². The maximum atomic E-state index is 12.4. The number of H-pyrrole nitrogens is 1. The van der Waals surface area contributed by atoms with Crippen LogP contribution in [0.5, 0.6) is 0 Å². The maximum absolute atomic E-state index is 12.4. The molecule has 0 aliphatic carbocycles. The minimum absolute atomic E-state index is 0.237. The van der Waals surface area contributed by atoms with Crippen molar-refractivity contribution >= 4 is 32.4 Å². The zero-order valence-electron chi connectivity index (χ0n) is 11.0. The Morgan fingerprint density at radius 1 is 1.05 bits per heavy atom. The van der Waals surface area contributed by atoms with E-state index in [0.29, 0.717) is 16.5 Å². The van der Waals surface area contributed by atoms with Gasteiger partial charge in [0.25, 0.3) is 11.1 Å². The van der Waals surface area contributed by atoms with Crippen LogP contribution in [0.3, 0.4) is 0 Å². The lowest BCUT2D eigenvalue weighted by Crippen LogP contribution is -2.30. The summed E-state index contributed by atoms with van der Waals surface area (Å²) in [5.74, 6) is 0. The van der Waals surface area contributed by atoms with Gasteiger partial charge in [0, 0.05) is 10.2 Å². The van der Waals surface area contributed by atoms with Gasteiger partial charge in [-0.25, -0.2) is 4.68 Å². The summed E-state index contributed by atoms with van der Waals surface area (Å²) < 4.78 is 2.02. The summed E-state index contributed by atoms with van der Waals surface area (Å²) >= 11 is 3.40. The molecule has 3 rings (SSSR count). The molecule has 0 aliphatic heterocycles. The molecule has 0 saturated heterocycles. The van der Waals surface area contributed by atoms with Crippen LogP contribution in [0.2, 0.25) is 0 Å². The summed E-state index contributed by atoms with van der Waals surface area (Å²) in [4.78, 5) is 24.5. The number of nitrogens with zero attached hydrogens (tertiary/aromatic N) is 1. The quantitative estimate of drug-likeness (QED) is 0.697. The first kappa shape index (κ1) is 13.6. The van der Waals surface area contributed by atoms with E-state index < -0.39 is 0 Å². The number of aromatic nitrogens is 2. The number of nitrogens with two attached hydrogens (primary N) is 1. The number of nitrogen functional groups attached to an aromatic ring is 1. The van der Waals surface area contributed by atoms with Gasteiger partial charge in [0.15, 0.2) is 0 Å². The molecule has 0 atom stereocenters. The van der Waals surface area contributed by atoms with Crippen molar-refractivity contribution in [2.75, 3.05) is 5.73 Å². The van der Waals surface area contributed by atoms with Crippen molar-refractivity contribution < 1.29 is 0 Å². The Hall–Kier alpha value is -2.34. The van der Waals surface area contributed by atoms with Gasteiger partial charge in [-0.3, -0.25) is 14.7 Å². The van der Waals surface area contributed by atoms with E-state index in [4.69, 9.17) is 5.73 Å². The van der Waals surface area contributed by atoms with Crippen LogP contribution in [-0.2, 0) is 6.54 Å². The highest BCUT2D eigenvalue weighted by Gasteiger charge is 2.09. The van der Waals surface area contributed by atoms with Gasteiger partial charge in [0.1, 0.15) is 0 Å². The second-order valence-electron chi connectivity index (χ2n) is 4.70. The smallest absolute Gasteiger partial charge is 0.273 e. The van der Waals surface area contributed by atoms with Crippen LogP contribution in [0, 0.1) is 0 Å². The molecule has 0 unspecified atom stereocenters. The molecule has 0 aliphatic rings. The maximum Gasteiger partial charge on any atom is 0.273 e. The zero-order valence-corrected chi connectivity index (χ0v) is 12.6. The van der Waals surface area contributed by atoms with E-state index in [2.05, 4.69) is 21.0 Å². The second kappa shape index (κ2) is 5.21. The lowest BCUT2D eigenvalue weighted by molar-refractivity contribution is 0.635. The molecule has 21 heavy (non-hydrogen) atoms. The lowest BCUT2D eigenvalue weighted by atomic mass is 10.2. The van der Waals surface area contributed by atoms with E-state index in [1.54, 1.807) is 36.4 Å². The number of aromatic amines is 1. The Bertz CT molecular complexity index is 944. The van der Waals surface area contributed by atoms with Crippen LogP contribution < -0.4 is 16.9 Å². The van der Waals surface area contributed by atoms with E-state index >= 15 is 0 Å². The number of benzene rings is 2. The first-order valence-corrected chi connectivity index (χ1v) is 7.12. The van der Waals surface area contributed by atoms with Gasteiger partial charge in [-0.15, -0.1) is 0 Å². The SMILES string of the molecule is Nc1cccc(Cn2[nH]c(=O)c3ccccc3c2=O)c1Br. The summed E-state index contributed by atoms with van der Waals surface area (Å²) in [5.41, 5.74) is 6.71. The Morgan fingerprint density at radius 3 is 2.52 bits per heavy atom. The molecule has 0 spiro atoms. The van der Waals surface area contributed by atoms with E-state index in [9.17, 15) is 9.59 Å². The summed E-state index contributed by atoms with van der Waals surface area (Å²) in [6, 6.07) is 12.2. The molecule has 106 valence electrons. The monoisotopic (exact) mass is 345 g/mol. The van der Waals surface area contributed by atoms with E-state index in [1.165, 1.54) is 4.68 Å². The number of hydrogen-bond donors (Lipinski definition) is 2. The number of nitrogens with one attached hydrogen (secondary N) is 1. The normalized spacial score (nSPS) is 10.9. The molecule has 1 heterocycles. The van der Waals surface area contributed by atoms with Crippen molar-refractivity contribution in [2.45, 2.75) is 6.54 Å². The molecular formula is C15H12BrN3O2. The number of hydrogen-bond acceptors (Lipinski definition) is 3. The van der Waals surface area contributed by atoms with Gasteiger partial charge in [-0.1, -0.05) is 24.3 Å². The zero-order chi connectivity index (χ0) is 15.0. The summed E-state index contributed by atoms with van der Waals surface area (Å²) in [6.07, 6.45) is 0. The summed E-state index contributed by atoms with van der Waals surface area (Å²) in [7, 11) is 0. The van der Waals surface area contributed by atoms with Gasteiger partial charge in [-0.2, -0.15) is 0 Å². The largest absolute Gasteiger partial charge is 0.398 e. The van der Waals surface area contributed by atoms with Crippen LogP contribution in [0.1, 0.15) is 5.56 Å². The lowest BCUT2D eigenvalue weighted by Gasteiger charge is -2.10. The number of fused-ring (bicyclic) bond motifs is 1. The highest BCUT2D eigenvalue weighted by atomic mass is 79.9. The Labute approximate surface area is 128 Å². The minimum atomic E-state index is -0.287. The predicted molar refractivity (Wildman–Crippen MR) is 86.5 cm³/mol. The first-order valence-electron chi connectivity index (χ1n) is 6.32. The van der Waals surface area contributed by atoms with E-state index in [-0.39, 0.29) is 17.7 Å². The molecule has 2 aromatic carbocycles. The molecule has 0 saturated carbocycles. The van der Waals surface area contributed by atoms with Crippen LogP contribution in [0.25, 0.3) is 10.8 Å². The van der Waals surface area contributed by atoms with Gasteiger partial charge in [-0.05, 0) is 39.7 Å². The minimum Gasteiger partial charge on any atom is -0.398 e. The van der Waals surface area contributed by atoms with Crippen molar-refractivity contribution in [3.05, 3.63) is 73.2 Å². The standard InChI is InChI=1S/C15H12BrN3O2/c16-13-9(4-3-7-12(13)17)8-19-15(21)11-6-2-1-5-10(11)14(20)18-19/h1-7H,8,17H2,(H,18,20). The third-order valence-electron chi connectivity index (χ3n) is 3.32. The highest BCUT2D eigenvalue weighted by molar-refractivity contribution is 9.10. The summed E-state index contributed by atoms with van der Waals surface area (Å²) in [6.45, 7) is 0.241. The molecule has 3 aromatic rings. The molecule has 0 radical (unpaired) electrons. The van der Waals surface area contributed by atoms with Crippen LogP contribution in [0.4, 0.5) is 5.69 Å². The van der Waals surface area contributed by atoms with Gasteiger partial charge in [0.05, 0.1) is 17.3 Å². The van der Waals surface area contributed by atoms with Crippen molar-refractivity contribution in [3.8, 4) is 0 Å². The molecule has 3 N–H and O–H groups in total. The fourth-order valence-corrected chi connectivity index (χ4v) is 2.64. The Balaban J connectivity index is 2.18. The molecule has 6 heteroatoms. The Kier molecular flexibility index (Phi) is 3.39.